The third-order valence-corrected chi connectivity index (χ3v) is 4.73. The molecule has 0 aromatic heterocycles. The molecule has 0 aromatic carbocycles. The third-order valence-electron chi connectivity index (χ3n) is 4.73. The van der Waals surface area contributed by atoms with Crippen molar-refractivity contribution in [3.8, 4) is 0 Å². The summed E-state index contributed by atoms with van der Waals surface area (Å²) < 4.78 is 65.1. The minimum atomic E-state index is -3.23. The normalized spacial score (nSPS) is 18.8. The maximum atomic E-state index is 14.1. The van der Waals surface area contributed by atoms with E-state index in [4.69, 9.17) is 9.47 Å². The Morgan fingerprint density at radius 2 is 1.12 bits per heavy atom. The van der Waals surface area contributed by atoms with E-state index < -0.39 is 36.3 Å². The molecule has 146 valence electrons. The topological polar surface area (TPSA) is 18.5 Å². The summed E-state index contributed by atoms with van der Waals surface area (Å²) in [6, 6.07) is 0. The van der Waals surface area contributed by atoms with Gasteiger partial charge in [0.2, 0.25) is 0 Å². The van der Waals surface area contributed by atoms with Crippen LogP contribution in [0, 0.1) is 23.7 Å². The second kappa shape index (κ2) is 9.37. The molecule has 0 bridgehead atoms. The van der Waals surface area contributed by atoms with E-state index in [2.05, 4.69) is 0 Å². The van der Waals surface area contributed by atoms with Gasteiger partial charge in [-0.3, -0.25) is 0 Å². The largest absolute Gasteiger partial charge is 0.358 e. The average Bonchev–Trinajstić information content (AvgIpc) is 2.42. The monoisotopic (exact) mass is 358 g/mol. The summed E-state index contributed by atoms with van der Waals surface area (Å²) in [7, 11) is 0. The highest BCUT2D eigenvalue weighted by molar-refractivity contribution is 4.72. The Hall–Kier alpha value is -0.360. The summed E-state index contributed by atoms with van der Waals surface area (Å²) >= 11 is 0. The molecule has 0 N–H and O–H groups in total. The Balaban J connectivity index is 4.50. The Bertz CT molecular complexity index is 359. The fourth-order valence-electron chi connectivity index (χ4n) is 1.92. The molecule has 24 heavy (non-hydrogen) atoms. The molecule has 0 saturated heterocycles. The maximum Gasteiger partial charge on any atom is 0.358 e. The third kappa shape index (κ3) is 7.68. The van der Waals surface area contributed by atoms with Crippen molar-refractivity contribution in [2.75, 3.05) is 0 Å². The number of ether oxygens (including phenoxy) is 2. The molecular formula is C18H34F4O2. The first-order chi connectivity index (χ1) is 10.7. The average molecular weight is 358 g/mol. The van der Waals surface area contributed by atoms with E-state index in [1.54, 1.807) is 20.8 Å². The molecule has 0 radical (unpaired) electrons. The van der Waals surface area contributed by atoms with Crippen LogP contribution in [0.5, 0.6) is 0 Å². The van der Waals surface area contributed by atoms with Crippen LogP contribution in [0.1, 0.15) is 68.2 Å². The van der Waals surface area contributed by atoms with Gasteiger partial charge in [-0.25, -0.2) is 0 Å². The number of hydrogen-bond acceptors (Lipinski definition) is 2. The quantitative estimate of drug-likeness (QED) is 0.401. The second-order valence-electron chi connectivity index (χ2n) is 7.62. The molecule has 0 spiro atoms. The van der Waals surface area contributed by atoms with Gasteiger partial charge in [0.15, 0.2) is 0 Å². The van der Waals surface area contributed by atoms with Gasteiger partial charge in [0.25, 0.3) is 0 Å². The number of alkyl halides is 4. The summed E-state index contributed by atoms with van der Waals surface area (Å²) in [5, 5.41) is 0. The Labute approximate surface area is 144 Å². The van der Waals surface area contributed by atoms with Crippen molar-refractivity contribution in [1.29, 1.82) is 0 Å². The first kappa shape index (κ1) is 23.6. The van der Waals surface area contributed by atoms with Crippen LogP contribution in [-0.2, 0) is 9.47 Å². The molecule has 0 heterocycles. The molecule has 0 amide bonds. The molecule has 0 aliphatic heterocycles. The standard InChI is InChI=1S/C18H34F4O2/c1-11(2)15(7)23-18(21,22)14(6)10-9-13(5)16(8)24-17(19,20)12(3)4/h11-16H,9-10H2,1-8H3/t13?,14?,15-,16+/m0/s1. The lowest BCUT2D eigenvalue weighted by Crippen LogP contribution is -2.36. The highest BCUT2D eigenvalue weighted by atomic mass is 19.3. The fraction of sp³-hybridized carbons (Fsp3) is 1.00. The molecule has 6 heteroatoms. The number of hydrogen-bond donors (Lipinski definition) is 0. The van der Waals surface area contributed by atoms with Gasteiger partial charge in [-0.05, 0) is 38.5 Å². The van der Waals surface area contributed by atoms with Gasteiger partial charge < -0.3 is 9.47 Å². The zero-order valence-corrected chi connectivity index (χ0v) is 16.2. The summed E-state index contributed by atoms with van der Waals surface area (Å²) in [5.41, 5.74) is 0. The Morgan fingerprint density at radius 1 is 0.667 bits per heavy atom. The Kier molecular flexibility index (Phi) is 9.23. The van der Waals surface area contributed by atoms with E-state index in [9.17, 15) is 17.6 Å². The summed E-state index contributed by atoms with van der Waals surface area (Å²) in [6.45, 7) is 12.7. The molecule has 0 aliphatic carbocycles. The van der Waals surface area contributed by atoms with Crippen molar-refractivity contribution in [3.63, 3.8) is 0 Å². The smallest absolute Gasteiger partial charge is 0.317 e. The van der Waals surface area contributed by atoms with Gasteiger partial charge >= 0.3 is 12.2 Å². The van der Waals surface area contributed by atoms with Gasteiger partial charge in [0.05, 0.1) is 12.2 Å². The molecular weight excluding hydrogens is 324 g/mol. The van der Waals surface area contributed by atoms with Crippen molar-refractivity contribution in [2.24, 2.45) is 23.7 Å². The Morgan fingerprint density at radius 3 is 1.54 bits per heavy atom. The van der Waals surface area contributed by atoms with Crippen LogP contribution >= 0.6 is 0 Å². The number of rotatable bonds is 11. The van der Waals surface area contributed by atoms with Crippen molar-refractivity contribution < 1.29 is 27.0 Å². The van der Waals surface area contributed by atoms with Crippen molar-refractivity contribution in [1.82, 2.24) is 0 Å². The number of halogens is 4. The zero-order valence-electron chi connectivity index (χ0n) is 16.2. The van der Waals surface area contributed by atoms with Gasteiger partial charge in [-0.2, -0.15) is 17.6 Å². The van der Waals surface area contributed by atoms with Gasteiger partial charge in [-0.1, -0.05) is 41.5 Å². The molecule has 4 atom stereocenters. The summed E-state index contributed by atoms with van der Waals surface area (Å²) in [6.07, 6.45) is -7.15. The van der Waals surface area contributed by atoms with E-state index in [1.807, 2.05) is 13.8 Å². The maximum absolute atomic E-state index is 14.1. The van der Waals surface area contributed by atoms with Crippen LogP contribution in [0.2, 0.25) is 0 Å². The van der Waals surface area contributed by atoms with Gasteiger partial charge in [0.1, 0.15) is 0 Å². The molecule has 2 unspecified atom stereocenters. The highest BCUT2D eigenvalue weighted by Crippen LogP contribution is 2.34. The molecule has 0 saturated carbocycles. The van der Waals surface area contributed by atoms with Crippen molar-refractivity contribution >= 4 is 0 Å². The lowest BCUT2D eigenvalue weighted by atomic mass is 9.93. The van der Waals surface area contributed by atoms with Crippen LogP contribution in [0.25, 0.3) is 0 Å². The van der Waals surface area contributed by atoms with Crippen LogP contribution in [0.4, 0.5) is 17.6 Å². The van der Waals surface area contributed by atoms with Crippen LogP contribution in [0.3, 0.4) is 0 Å². The summed E-state index contributed by atoms with van der Waals surface area (Å²) in [5.74, 6) is -2.18. The van der Waals surface area contributed by atoms with Crippen LogP contribution < -0.4 is 0 Å². The lowest BCUT2D eigenvalue weighted by Gasteiger charge is -2.31. The van der Waals surface area contributed by atoms with Crippen molar-refractivity contribution in [3.05, 3.63) is 0 Å². The molecule has 2 nitrogen and oxygen atoms in total. The second-order valence-corrected chi connectivity index (χ2v) is 7.62. The SMILES string of the molecule is CC(C)[C@H](C)OC(F)(F)C(C)CCC(C)[C@@H](C)OC(F)(F)C(C)C. The van der Waals surface area contributed by atoms with E-state index >= 15 is 0 Å². The van der Waals surface area contributed by atoms with Crippen molar-refractivity contribution in [2.45, 2.75) is 92.7 Å². The van der Waals surface area contributed by atoms with E-state index in [0.29, 0.717) is 6.42 Å². The minimum Gasteiger partial charge on any atom is -0.317 e. The molecule has 0 rings (SSSR count). The molecule has 0 aliphatic rings. The van der Waals surface area contributed by atoms with E-state index in [1.165, 1.54) is 20.8 Å². The van der Waals surface area contributed by atoms with Crippen LogP contribution in [0.15, 0.2) is 0 Å². The fourth-order valence-corrected chi connectivity index (χ4v) is 1.92. The van der Waals surface area contributed by atoms with Gasteiger partial charge in [0, 0.05) is 11.8 Å². The predicted molar refractivity (Wildman–Crippen MR) is 88.2 cm³/mol. The van der Waals surface area contributed by atoms with E-state index in [-0.39, 0.29) is 18.3 Å². The zero-order chi connectivity index (χ0) is 19.3. The first-order valence-corrected chi connectivity index (χ1v) is 8.81. The summed E-state index contributed by atoms with van der Waals surface area (Å²) in [4.78, 5) is 0. The first-order valence-electron chi connectivity index (χ1n) is 8.81. The van der Waals surface area contributed by atoms with Crippen LogP contribution in [-0.4, -0.2) is 24.4 Å². The molecule has 0 aromatic rings. The minimum absolute atomic E-state index is 0.00585. The van der Waals surface area contributed by atoms with E-state index in [0.717, 1.165) is 0 Å². The van der Waals surface area contributed by atoms with Gasteiger partial charge in [-0.15, -0.1) is 0 Å². The predicted octanol–water partition coefficient (Wildman–Crippen LogP) is 6.35. The lowest BCUT2D eigenvalue weighted by molar-refractivity contribution is -0.298. The molecule has 0 fully saturated rings. The highest BCUT2D eigenvalue weighted by Gasteiger charge is 2.41.